The third kappa shape index (κ3) is 6.30. The van der Waals surface area contributed by atoms with Gasteiger partial charge in [-0.25, -0.2) is 4.68 Å². The minimum atomic E-state index is -4.53. The predicted octanol–water partition coefficient (Wildman–Crippen LogP) is 5.86. The molecule has 1 aromatic carbocycles. The first-order valence-corrected chi connectivity index (χ1v) is 13.3. The molecule has 0 aliphatic heterocycles. The number of hydrogen-bond acceptors (Lipinski definition) is 4. The number of primary amides is 1. The second-order valence-electron chi connectivity index (χ2n) is 12.7. The highest BCUT2D eigenvalue weighted by atomic mass is 19.4. The van der Waals surface area contributed by atoms with Crippen molar-refractivity contribution in [1.82, 2.24) is 15.1 Å². The number of anilines is 1. The SMILES string of the molecule is CC(C)(C)CN[C@H]1CCCC[C@@H]1Nc1cc(-n2nc(C(F)(F)F)c3c2CC(C)(C)CC3)ccc1C(N)=O. The molecule has 2 aliphatic rings. The maximum atomic E-state index is 13.9. The summed E-state index contributed by atoms with van der Waals surface area (Å²) in [4.78, 5) is 12.3. The number of benzene rings is 1. The van der Waals surface area contributed by atoms with E-state index in [9.17, 15) is 18.0 Å². The number of carbonyl (C=O) groups is 1. The number of alkyl halides is 3. The second kappa shape index (κ2) is 9.97. The van der Waals surface area contributed by atoms with Gasteiger partial charge in [-0.2, -0.15) is 18.3 Å². The molecule has 6 nitrogen and oxygen atoms in total. The number of nitrogens with zero attached hydrogens (tertiary/aromatic N) is 2. The normalized spacial score (nSPS) is 21.9. The Morgan fingerprint density at radius 2 is 1.84 bits per heavy atom. The van der Waals surface area contributed by atoms with Gasteiger partial charge in [0.15, 0.2) is 5.69 Å². The number of aromatic nitrogens is 2. The van der Waals surface area contributed by atoms with Crippen molar-refractivity contribution in [1.29, 1.82) is 0 Å². The van der Waals surface area contributed by atoms with Crippen LogP contribution >= 0.6 is 0 Å². The number of halogens is 3. The zero-order valence-corrected chi connectivity index (χ0v) is 22.6. The van der Waals surface area contributed by atoms with E-state index in [1.54, 1.807) is 18.2 Å². The summed E-state index contributed by atoms with van der Waals surface area (Å²) in [6.45, 7) is 11.5. The minimum absolute atomic E-state index is 0.0701. The summed E-state index contributed by atoms with van der Waals surface area (Å²) in [6.07, 6.45) is 1.10. The number of nitrogens with two attached hydrogens (primary N) is 1. The summed E-state index contributed by atoms with van der Waals surface area (Å²) in [6, 6.07) is 5.24. The number of hydrogen-bond donors (Lipinski definition) is 3. The molecule has 0 spiro atoms. The van der Waals surface area contributed by atoms with Crippen LogP contribution in [-0.2, 0) is 19.0 Å². The molecule has 0 radical (unpaired) electrons. The number of carbonyl (C=O) groups excluding carboxylic acids is 1. The third-order valence-electron chi connectivity index (χ3n) is 7.57. The van der Waals surface area contributed by atoms with E-state index < -0.39 is 17.8 Å². The Kier molecular flexibility index (Phi) is 7.40. The topological polar surface area (TPSA) is 85.0 Å². The average molecular weight is 520 g/mol. The van der Waals surface area contributed by atoms with Gasteiger partial charge in [-0.05, 0) is 61.1 Å². The first kappa shape index (κ1) is 27.5. The molecule has 1 heterocycles. The molecule has 0 saturated heterocycles. The fourth-order valence-electron chi connectivity index (χ4n) is 5.56. The molecule has 37 heavy (non-hydrogen) atoms. The highest BCUT2D eigenvalue weighted by Crippen LogP contribution is 2.42. The summed E-state index contributed by atoms with van der Waals surface area (Å²) in [7, 11) is 0. The standard InChI is InChI=1S/C28H40F3N5O/c1-26(2,3)16-33-20-8-6-7-9-21(20)34-22-14-17(10-11-18(22)25(32)37)36-23-15-27(4,5)13-12-19(23)24(35-36)28(29,30)31/h10-11,14,20-21,33-34H,6-9,12-13,15-16H2,1-5H3,(H2,32,37)/t20-,21-/m0/s1. The predicted molar refractivity (Wildman–Crippen MR) is 140 cm³/mol. The molecule has 4 rings (SSSR count). The lowest BCUT2D eigenvalue weighted by molar-refractivity contribution is -0.142. The van der Waals surface area contributed by atoms with E-state index in [4.69, 9.17) is 5.73 Å². The summed E-state index contributed by atoms with van der Waals surface area (Å²) in [5.74, 6) is -0.580. The van der Waals surface area contributed by atoms with E-state index in [1.165, 1.54) is 4.68 Å². The fraction of sp³-hybridized carbons (Fsp3) is 0.643. The molecule has 9 heteroatoms. The van der Waals surface area contributed by atoms with Gasteiger partial charge in [0.05, 0.1) is 11.3 Å². The Labute approximate surface area is 217 Å². The van der Waals surface area contributed by atoms with Crippen LogP contribution in [0.2, 0.25) is 0 Å². The number of amides is 1. The first-order chi connectivity index (χ1) is 17.1. The largest absolute Gasteiger partial charge is 0.435 e. The molecule has 0 unspecified atom stereocenters. The minimum Gasteiger partial charge on any atom is -0.380 e. The number of nitrogens with one attached hydrogen (secondary N) is 2. The maximum Gasteiger partial charge on any atom is 0.435 e. The molecule has 0 bridgehead atoms. The molecule has 2 atom stereocenters. The van der Waals surface area contributed by atoms with Crippen LogP contribution in [0.4, 0.5) is 18.9 Å². The third-order valence-corrected chi connectivity index (χ3v) is 7.57. The second-order valence-corrected chi connectivity index (χ2v) is 12.7. The smallest absolute Gasteiger partial charge is 0.380 e. The highest BCUT2D eigenvalue weighted by Gasteiger charge is 2.42. The lowest BCUT2D eigenvalue weighted by Gasteiger charge is -2.36. The van der Waals surface area contributed by atoms with Crippen molar-refractivity contribution < 1.29 is 18.0 Å². The Morgan fingerprint density at radius 1 is 1.16 bits per heavy atom. The molecule has 2 aromatic rings. The highest BCUT2D eigenvalue weighted by molar-refractivity contribution is 5.99. The first-order valence-electron chi connectivity index (χ1n) is 13.3. The van der Waals surface area contributed by atoms with Crippen molar-refractivity contribution in [2.75, 3.05) is 11.9 Å². The molecule has 1 fully saturated rings. The Morgan fingerprint density at radius 3 is 2.46 bits per heavy atom. The van der Waals surface area contributed by atoms with Crippen molar-refractivity contribution in [3.63, 3.8) is 0 Å². The summed E-state index contributed by atoms with van der Waals surface area (Å²) >= 11 is 0. The molecule has 2 aliphatic carbocycles. The molecule has 1 aromatic heterocycles. The zero-order chi connectivity index (χ0) is 27.2. The van der Waals surface area contributed by atoms with Crippen molar-refractivity contribution >= 4 is 11.6 Å². The van der Waals surface area contributed by atoms with Crippen LogP contribution in [-0.4, -0.2) is 34.3 Å². The van der Waals surface area contributed by atoms with Crippen LogP contribution in [0.5, 0.6) is 0 Å². The van der Waals surface area contributed by atoms with E-state index in [0.717, 1.165) is 32.2 Å². The molecule has 1 saturated carbocycles. The molecular formula is C28H40F3N5O. The van der Waals surface area contributed by atoms with Crippen LogP contribution < -0.4 is 16.4 Å². The molecular weight excluding hydrogens is 479 g/mol. The van der Waals surface area contributed by atoms with Crippen LogP contribution in [0, 0.1) is 10.8 Å². The molecule has 1 amide bonds. The van der Waals surface area contributed by atoms with Crippen molar-refractivity contribution in [2.45, 2.75) is 97.8 Å². The van der Waals surface area contributed by atoms with Gasteiger partial charge in [0, 0.05) is 35.6 Å². The quantitative estimate of drug-likeness (QED) is 0.446. The number of rotatable bonds is 6. The maximum absolute atomic E-state index is 13.9. The summed E-state index contributed by atoms with van der Waals surface area (Å²) in [5.41, 5.74) is 7.10. The van der Waals surface area contributed by atoms with Gasteiger partial charge in [0.1, 0.15) is 0 Å². The van der Waals surface area contributed by atoms with Crippen LogP contribution in [0.15, 0.2) is 18.2 Å². The van der Waals surface area contributed by atoms with Crippen LogP contribution in [0.3, 0.4) is 0 Å². The van der Waals surface area contributed by atoms with Gasteiger partial charge < -0.3 is 16.4 Å². The van der Waals surface area contributed by atoms with Crippen molar-refractivity contribution in [3.8, 4) is 5.69 Å². The van der Waals surface area contributed by atoms with Crippen molar-refractivity contribution in [2.24, 2.45) is 16.6 Å². The van der Waals surface area contributed by atoms with E-state index in [2.05, 4.69) is 50.4 Å². The number of fused-ring (bicyclic) bond motifs is 1. The van der Waals surface area contributed by atoms with Crippen molar-refractivity contribution in [3.05, 3.63) is 40.7 Å². The Hall–Kier alpha value is -2.55. The zero-order valence-electron chi connectivity index (χ0n) is 22.6. The molecule has 4 N–H and O–H groups in total. The lowest BCUT2D eigenvalue weighted by atomic mass is 9.76. The van der Waals surface area contributed by atoms with E-state index in [-0.39, 0.29) is 28.5 Å². The van der Waals surface area contributed by atoms with Gasteiger partial charge in [0.25, 0.3) is 5.91 Å². The van der Waals surface area contributed by atoms with Gasteiger partial charge in [-0.15, -0.1) is 0 Å². The Bertz CT molecular complexity index is 1150. The van der Waals surface area contributed by atoms with E-state index in [1.807, 2.05) is 0 Å². The van der Waals surface area contributed by atoms with Gasteiger partial charge in [-0.1, -0.05) is 47.5 Å². The Balaban J connectivity index is 1.72. The summed E-state index contributed by atoms with van der Waals surface area (Å²) < 4.78 is 43.1. The monoisotopic (exact) mass is 519 g/mol. The average Bonchev–Trinajstić information content (AvgIpc) is 3.16. The van der Waals surface area contributed by atoms with Crippen LogP contribution in [0.25, 0.3) is 5.69 Å². The van der Waals surface area contributed by atoms with Gasteiger partial charge in [0.2, 0.25) is 0 Å². The van der Waals surface area contributed by atoms with E-state index >= 15 is 0 Å². The summed E-state index contributed by atoms with van der Waals surface area (Å²) in [5, 5.41) is 11.3. The lowest BCUT2D eigenvalue weighted by Crippen LogP contribution is -2.48. The fourth-order valence-corrected chi connectivity index (χ4v) is 5.56. The molecule has 204 valence electrons. The van der Waals surface area contributed by atoms with Crippen LogP contribution in [0.1, 0.15) is 94.0 Å². The van der Waals surface area contributed by atoms with Gasteiger partial charge in [-0.3, -0.25) is 4.79 Å². The van der Waals surface area contributed by atoms with Gasteiger partial charge >= 0.3 is 6.18 Å². The van der Waals surface area contributed by atoms with E-state index in [0.29, 0.717) is 41.9 Å².